The van der Waals surface area contributed by atoms with E-state index in [-0.39, 0.29) is 0 Å². The summed E-state index contributed by atoms with van der Waals surface area (Å²) in [5.41, 5.74) is 1.21. The minimum atomic E-state index is 0.591. The lowest BCUT2D eigenvalue weighted by atomic mass is 10.2. The molecule has 0 aliphatic heterocycles. The lowest BCUT2D eigenvalue weighted by Gasteiger charge is -2.04. The molecule has 0 amide bonds. The number of aryl methyl sites for hydroxylation is 1. The van der Waals surface area contributed by atoms with Crippen LogP contribution in [0.2, 0.25) is 0 Å². The third kappa shape index (κ3) is 2.80. The van der Waals surface area contributed by atoms with Gasteiger partial charge in [-0.25, -0.2) is 4.98 Å². The topological polar surface area (TPSA) is 22.1 Å². The quantitative estimate of drug-likeness (QED) is 0.766. The van der Waals surface area contributed by atoms with Gasteiger partial charge in [-0.15, -0.1) is 0 Å². The van der Waals surface area contributed by atoms with Gasteiger partial charge in [0.1, 0.15) is 10.4 Å². The number of rotatable bonds is 2. The smallest absolute Gasteiger partial charge is 0.220 e. The number of ether oxygens (including phenoxy) is 1. The van der Waals surface area contributed by atoms with Crippen molar-refractivity contribution in [3.8, 4) is 11.6 Å². The molecule has 0 N–H and O–H groups in total. The van der Waals surface area contributed by atoms with E-state index in [1.165, 1.54) is 5.56 Å². The normalized spacial score (nSPS) is 10.0. The molecule has 1 aromatic heterocycles. The molecule has 15 heavy (non-hydrogen) atoms. The van der Waals surface area contributed by atoms with Crippen LogP contribution in [0.25, 0.3) is 0 Å². The van der Waals surface area contributed by atoms with Gasteiger partial charge < -0.3 is 4.74 Å². The molecule has 0 atom stereocenters. The van der Waals surface area contributed by atoms with Crippen LogP contribution in [0.1, 0.15) is 5.56 Å². The van der Waals surface area contributed by atoms with Crippen LogP contribution in [-0.2, 0) is 0 Å². The number of aromatic nitrogens is 1. The zero-order chi connectivity index (χ0) is 10.7. The summed E-state index contributed by atoms with van der Waals surface area (Å²) in [5.74, 6) is 1.39. The molecule has 0 unspecified atom stereocenters. The van der Waals surface area contributed by atoms with Crippen LogP contribution in [0.15, 0.2) is 47.1 Å². The Morgan fingerprint density at radius 2 is 1.80 bits per heavy atom. The van der Waals surface area contributed by atoms with Gasteiger partial charge in [0.25, 0.3) is 0 Å². The Morgan fingerprint density at radius 3 is 2.47 bits per heavy atom. The predicted molar refractivity (Wildman–Crippen MR) is 63.2 cm³/mol. The van der Waals surface area contributed by atoms with Gasteiger partial charge in [0, 0.05) is 6.07 Å². The average Bonchev–Trinajstić information content (AvgIpc) is 2.22. The second kappa shape index (κ2) is 4.45. The maximum atomic E-state index is 5.57. The number of benzene rings is 1. The Labute approximate surface area is 97.1 Å². The number of pyridine rings is 1. The molecule has 1 heterocycles. The van der Waals surface area contributed by atoms with Crippen molar-refractivity contribution in [3.05, 3.63) is 52.6 Å². The zero-order valence-corrected chi connectivity index (χ0v) is 9.86. The van der Waals surface area contributed by atoms with E-state index in [1.807, 2.05) is 49.4 Å². The SMILES string of the molecule is Cc1ccc(Oc2cccc(Br)n2)cc1. The summed E-state index contributed by atoms with van der Waals surface area (Å²) in [5, 5.41) is 0. The summed E-state index contributed by atoms with van der Waals surface area (Å²) >= 11 is 3.30. The summed E-state index contributed by atoms with van der Waals surface area (Å²) in [7, 11) is 0. The standard InChI is InChI=1S/C12H10BrNO/c1-9-5-7-10(8-6-9)15-12-4-2-3-11(13)14-12/h2-8H,1H3. The molecule has 2 rings (SSSR count). The minimum absolute atomic E-state index is 0.591. The molecule has 0 aliphatic rings. The van der Waals surface area contributed by atoms with Gasteiger partial charge in [0.2, 0.25) is 5.88 Å². The predicted octanol–water partition coefficient (Wildman–Crippen LogP) is 3.94. The van der Waals surface area contributed by atoms with Crippen molar-refractivity contribution < 1.29 is 4.74 Å². The van der Waals surface area contributed by atoms with E-state index in [9.17, 15) is 0 Å². The second-order valence-electron chi connectivity index (χ2n) is 3.21. The molecule has 1 aromatic carbocycles. The number of nitrogens with zero attached hydrogens (tertiary/aromatic N) is 1. The summed E-state index contributed by atoms with van der Waals surface area (Å²) in [4.78, 5) is 4.19. The van der Waals surface area contributed by atoms with E-state index >= 15 is 0 Å². The van der Waals surface area contributed by atoms with Crippen LogP contribution in [0.5, 0.6) is 11.6 Å². The lowest BCUT2D eigenvalue weighted by molar-refractivity contribution is 0.462. The van der Waals surface area contributed by atoms with Crippen molar-refractivity contribution >= 4 is 15.9 Å². The fourth-order valence-corrected chi connectivity index (χ4v) is 1.50. The minimum Gasteiger partial charge on any atom is -0.439 e. The van der Waals surface area contributed by atoms with E-state index in [0.29, 0.717) is 5.88 Å². The molecule has 3 heteroatoms. The first-order valence-electron chi connectivity index (χ1n) is 4.61. The molecule has 0 saturated heterocycles. The van der Waals surface area contributed by atoms with Crippen LogP contribution in [-0.4, -0.2) is 4.98 Å². The first-order valence-corrected chi connectivity index (χ1v) is 5.40. The first kappa shape index (κ1) is 10.2. The van der Waals surface area contributed by atoms with Crippen molar-refractivity contribution in [1.29, 1.82) is 0 Å². The van der Waals surface area contributed by atoms with Crippen molar-refractivity contribution in [2.45, 2.75) is 6.92 Å². The third-order valence-corrected chi connectivity index (χ3v) is 2.37. The molecule has 2 nitrogen and oxygen atoms in total. The maximum Gasteiger partial charge on any atom is 0.220 e. The third-order valence-electron chi connectivity index (χ3n) is 1.93. The van der Waals surface area contributed by atoms with Crippen LogP contribution >= 0.6 is 15.9 Å². The highest BCUT2D eigenvalue weighted by Crippen LogP contribution is 2.20. The van der Waals surface area contributed by atoms with Gasteiger partial charge >= 0.3 is 0 Å². The van der Waals surface area contributed by atoms with Crippen molar-refractivity contribution in [3.63, 3.8) is 0 Å². The highest BCUT2D eigenvalue weighted by Gasteiger charge is 1.98. The summed E-state index contributed by atoms with van der Waals surface area (Å²) < 4.78 is 6.34. The summed E-state index contributed by atoms with van der Waals surface area (Å²) in [6, 6.07) is 13.4. The van der Waals surface area contributed by atoms with Crippen LogP contribution in [0.3, 0.4) is 0 Å². The summed E-state index contributed by atoms with van der Waals surface area (Å²) in [6.45, 7) is 2.04. The van der Waals surface area contributed by atoms with Gasteiger partial charge in [-0.1, -0.05) is 23.8 Å². The lowest BCUT2D eigenvalue weighted by Crippen LogP contribution is -1.87. The van der Waals surface area contributed by atoms with Crippen LogP contribution in [0, 0.1) is 6.92 Å². The Morgan fingerprint density at radius 1 is 1.07 bits per heavy atom. The number of halogens is 1. The highest BCUT2D eigenvalue weighted by molar-refractivity contribution is 9.10. The number of hydrogen-bond acceptors (Lipinski definition) is 2. The van der Waals surface area contributed by atoms with Crippen LogP contribution < -0.4 is 4.74 Å². The Kier molecular flexibility index (Phi) is 3.02. The van der Waals surface area contributed by atoms with E-state index in [0.717, 1.165) is 10.4 Å². The Balaban J connectivity index is 2.18. The van der Waals surface area contributed by atoms with Gasteiger partial charge in [-0.3, -0.25) is 0 Å². The van der Waals surface area contributed by atoms with E-state index in [1.54, 1.807) is 0 Å². The van der Waals surface area contributed by atoms with E-state index < -0.39 is 0 Å². The fraction of sp³-hybridized carbons (Fsp3) is 0.0833. The molecule has 0 spiro atoms. The maximum absolute atomic E-state index is 5.57. The number of hydrogen-bond donors (Lipinski definition) is 0. The van der Waals surface area contributed by atoms with Crippen molar-refractivity contribution in [2.24, 2.45) is 0 Å². The molecule has 0 fully saturated rings. The molecule has 0 saturated carbocycles. The van der Waals surface area contributed by atoms with E-state index in [4.69, 9.17) is 4.74 Å². The Bertz CT molecular complexity index is 453. The van der Waals surface area contributed by atoms with Crippen molar-refractivity contribution in [1.82, 2.24) is 4.98 Å². The monoisotopic (exact) mass is 263 g/mol. The fourth-order valence-electron chi connectivity index (χ4n) is 1.17. The van der Waals surface area contributed by atoms with Gasteiger partial charge in [0.15, 0.2) is 0 Å². The van der Waals surface area contributed by atoms with Gasteiger partial charge in [-0.05, 0) is 41.1 Å². The first-order chi connectivity index (χ1) is 7.24. The Hall–Kier alpha value is -1.35. The average molecular weight is 264 g/mol. The molecular formula is C12H10BrNO. The molecule has 2 aromatic rings. The zero-order valence-electron chi connectivity index (χ0n) is 8.27. The van der Waals surface area contributed by atoms with Crippen molar-refractivity contribution in [2.75, 3.05) is 0 Å². The molecule has 0 bridgehead atoms. The van der Waals surface area contributed by atoms with Crippen LogP contribution in [0.4, 0.5) is 0 Å². The molecule has 0 radical (unpaired) electrons. The molecule has 76 valence electrons. The van der Waals surface area contributed by atoms with Gasteiger partial charge in [0.05, 0.1) is 0 Å². The molecular weight excluding hydrogens is 254 g/mol. The largest absolute Gasteiger partial charge is 0.439 e. The highest BCUT2D eigenvalue weighted by atomic mass is 79.9. The van der Waals surface area contributed by atoms with E-state index in [2.05, 4.69) is 20.9 Å². The van der Waals surface area contributed by atoms with Gasteiger partial charge in [-0.2, -0.15) is 0 Å². The molecule has 0 aliphatic carbocycles. The summed E-state index contributed by atoms with van der Waals surface area (Å²) in [6.07, 6.45) is 0. The second-order valence-corrected chi connectivity index (χ2v) is 4.03.